The van der Waals surface area contributed by atoms with E-state index in [-0.39, 0.29) is 11.9 Å². The Bertz CT molecular complexity index is 607. The third-order valence-electron chi connectivity index (χ3n) is 2.93. The summed E-state index contributed by atoms with van der Waals surface area (Å²) >= 11 is 4.81. The molecule has 0 unspecified atom stereocenters. The van der Waals surface area contributed by atoms with Crippen LogP contribution in [-0.2, 0) is 0 Å². The van der Waals surface area contributed by atoms with Crippen LogP contribution in [0.4, 0.5) is 11.5 Å². The van der Waals surface area contributed by atoms with Gasteiger partial charge in [0.2, 0.25) is 0 Å². The molecule has 0 radical (unpaired) electrons. The molecule has 0 aliphatic heterocycles. The summed E-state index contributed by atoms with van der Waals surface area (Å²) in [5.74, 6) is 0.682. The van der Waals surface area contributed by atoms with E-state index in [2.05, 4.69) is 20.9 Å². The fraction of sp³-hybridized carbons (Fsp3) is 0.231. The molecule has 1 fully saturated rings. The summed E-state index contributed by atoms with van der Waals surface area (Å²) in [6.07, 6.45) is 3.65. The van der Waals surface area contributed by atoms with Crippen molar-refractivity contribution in [2.75, 3.05) is 10.6 Å². The topological polar surface area (TPSA) is 59.2 Å². The summed E-state index contributed by atoms with van der Waals surface area (Å²) < 4.78 is 0.932. The summed E-state index contributed by atoms with van der Waals surface area (Å²) in [6, 6.07) is 5.69. The van der Waals surface area contributed by atoms with Crippen LogP contribution in [-0.4, -0.2) is 16.9 Å². The highest BCUT2D eigenvalue weighted by molar-refractivity contribution is 9.10. The Morgan fingerprint density at radius 1 is 1.47 bits per heavy atom. The lowest BCUT2D eigenvalue weighted by molar-refractivity contribution is 0.0988. The number of nitrogens with zero attached hydrogens (tertiary/aromatic N) is 2. The molecular weight excluding hydrogens is 326 g/mol. The lowest BCUT2D eigenvalue weighted by atomic mass is 10.3. The third-order valence-corrected chi connectivity index (χ3v) is 4.61. The molecule has 98 valence electrons. The number of aromatic nitrogens is 1. The Hall–Kier alpha value is -1.40. The van der Waals surface area contributed by atoms with Gasteiger partial charge in [0, 0.05) is 15.9 Å². The van der Waals surface area contributed by atoms with Gasteiger partial charge in [0.05, 0.1) is 16.8 Å². The Labute approximate surface area is 123 Å². The van der Waals surface area contributed by atoms with E-state index in [4.69, 9.17) is 5.73 Å². The zero-order valence-electron chi connectivity index (χ0n) is 10.0. The van der Waals surface area contributed by atoms with E-state index in [1.165, 1.54) is 11.3 Å². The monoisotopic (exact) mass is 337 g/mol. The molecule has 3 rings (SSSR count). The fourth-order valence-corrected chi connectivity index (χ4v) is 3.24. The second-order valence-corrected chi connectivity index (χ2v) is 6.31. The number of hydrogen-bond donors (Lipinski definition) is 1. The van der Waals surface area contributed by atoms with E-state index in [9.17, 15) is 4.79 Å². The maximum Gasteiger partial charge on any atom is 0.269 e. The molecule has 1 saturated carbocycles. The number of amides is 1. The molecule has 0 saturated heterocycles. The number of thiophene rings is 1. The Morgan fingerprint density at radius 3 is 2.79 bits per heavy atom. The SMILES string of the molecule is Nc1ccc(N(C(=O)c2cc(Br)cs2)C2CC2)nc1. The molecule has 1 aliphatic carbocycles. The summed E-state index contributed by atoms with van der Waals surface area (Å²) in [5.41, 5.74) is 6.24. The lowest BCUT2D eigenvalue weighted by Gasteiger charge is -2.20. The maximum atomic E-state index is 12.6. The molecule has 1 amide bonds. The van der Waals surface area contributed by atoms with Gasteiger partial charge in [-0.1, -0.05) is 0 Å². The van der Waals surface area contributed by atoms with E-state index < -0.39 is 0 Å². The van der Waals surface area contributed by atoms with Crippen LogP contribution in [0.25, 0.3) is 0 Å². The minimum Gasteiger partial charge on any atom is -0.397 e. The van der Waals surface area contributed by atoms with Crippen molar-refractivity contribution >= 4 is 44.7 Å². The number of halogens is 1. The van der Waals surface area contributed by atoms with Crippen LogP contribution in [0.15, 0.2) is 34.2 Å². The maximum absolute atomic E-state index is 12.6. The van der Waals surface area contributed by atoms with E-state index in [1.807, 2.05) is 11.4 Å². The van der Waals surface area contributed by atoms with Gasteiger partial charge in [0.15, 0.2) is 0 Å². The molecule has 4 nitrogen and oxygen atoms in total. The van der Waals surface area contributed by atoms with Crippen LogP contribution in [0.1, 0.15) is 22.5 Å². The van der Waals surface area contributed by atoms with Crippen LogP contribution in [0.3, 0.4) is 0 Å². The van der Waals surface area contributed by atoms with Gasteiger partial charge in [-0.2, -0.15) is 0 Å². The molecule has 0 atom stereocenters. The molecular formula is C13H12BrN3OS. The quantitative estimate of drug-likeness (QED) is 0.934. The minimum absolute atomic E-state index is 0.00970. The number of nitrogens with two attached hydrogens (primary N) is 1. The largest absolute Gasteiger partial charge is 0.397 e. The average molecular weight is 338 g/mol. The first-order valence-electron chi connectivity index (χ1n) is 5.94. The van der Waals surface area contributed by atoms with E-state index >= 15 is 0 Å². The highest BCUT2D eigenvalue weighted by Gasteiger charge is 2.35. The van der Waals surface area contributed by atoms with Gasteiger partial charge < -0.3 is 5.73 Å². The van der Waals surface area contributed by atoms with Crippen molar-refractivity contribution in [1.82, 2.24) is 4.98 Å². The highest BCUT2D eigenvalue weighted by atomic mass is 79.9. The standard InChI is InChI=1S/C13H12BrN3OS/c14-8-5-11(19-7-8)13(18)17(10-2-3-10)12-4-1-9(15)6-16-12/h1,4-7,10H,2-3,15H2. The molecule has 1 aliphatic rings. The van der Waals surface area contributed by atoms with Crippen molar-refractivity contribution in [2.45, 2.75) is 18.9 Å². The first-order chi connectivity index (χ1) is 9.15. The summed E-state index contributed by atoms with van der Waals surface area (Å²) in [4.78, 5) is 19.3. The summed E-state index contributed by atoms with van der Waals surface area (Å²) in [6.45, 7) is 0. The number of nitrogen functional groups attached to an aromatic ring is 1. The van der Waals surface area contributed by atoms with Crippen molar-refractivity contribution in [3.8, 4) is 0 Å². The van der Waals surface area contributed by atoms with Gasteiger partial charge in [-0.05, 0) is 47.0 Å². The van der Waals surface area contributed by atoms with Gasteiger partial charge >= 0.3 is 0 Å². The molecule has 0 bridgehead atoms. The fourth-order valence-electron chi connectivity index (χ4n) is 1.87. The van der Waals surface area contributed by atoms with Gasteiger partial charge in [-0.15, -0.1) is 11.3 Å². The molecule has 0 aromatic carbocycles. The van der Waals surface area contributed by atoms with Crippen molar-refractivity contribution in [3.05, 3.63) is 39.1 Å². The van der Waals surface area contributed by atoms with E-state index in [0.717, 1.165) is 22.2 Å². The second-order valence-electron chi connectivity index (χ2n) is 4.49. The van der Waals surface area contributed by atoms with Gasteiger partial charge in [-0.25, -0.2) is 4.98 Å². The Morgan fingerprint density at radius 2 is 2.26 bits per heavy atom. The highest BCUT2D eigenvalue weighted by Crippen LogP contribution is 2.33. The second kappa shape index (κ2) is 4.94. The number of carbonyl (C=O) groups is 1. The first-order valence-corrected chi connectivity index (χ1v) is 7.61. The van der Waals surface area contributed by atoms with Crippen LogP contribution in [0.2, 0.25) is 0 Å². The number of anilines is 2. The van der Waals surface area contributed by atoms with E-state index in [0.29, 0.717) is 11.5 Å². The molecule has 19 heavy (non-hydrogen) atoms. The first kappa shape index (κ1) is 12.6. The number of pyridine rings is 1. The zero-order chi connectivity index (χ0) is 13.4. The van der Waals surface area contributed by atoms with Gasteiger partial charge in [-0.3, -0.25) is 9.69 Å². The summed E-state index contributed by atoms with van der Waals surface area (Å²) in [5, 5.41) is 1.91. The predicted molar refractivity (Wildman–Crippen MR) is 80.5 cm³/mol. The van der Waals surface area contributed by atoms with Crippen LogP contribution in [0, 0.1) is 0 Å². The zero-order valence-corrected chi connectivity index (χ0v) is 12.4. The summed E-state index contributed by atoms with van der Waals surface area (Å²) in [7, 11) is 0. The molecule has 2 heterocycles. The number of carbonyl (C=O) groups excluding carboxylic acids is 1. The van der Waals surface area contributed by atoms with Crippen LogP contribution in [0.5, 0.6) is 0 Å². The minimum atomic E-state index is 0.00970. The third kappa shape index (κ3) is 2.64. The van der Waals surface area contributed by atoms with Crippen molar-refractivity contribution < 1.29 is 4.79 Å². The van der Waals surface area contributed by atoms with Gasteiger partial charge in [0.1, 0.15) is 5.82 Å². The average Bonchev–Trinajstić information content (AvgIpc) is 3.13. The van der Waals surface area contributed by atoms with Crippen LogP contribution < -0.4 is 10.6 Å². The number of hydrogen-bond acceptors (Lipinski definition) is 4. The van der Waals surface area contributed by atoms with Crippen molar-refractivity contribution in [3.63, 3.8) is 0 Å². The van der Waals surface area contributed by atoms with Crippen molar-refractivity contribution in [1.29, 1.82) is 0 Å². The van der Waals surface area contributed by atoms with E-state index in [1.54, 1.807) is 23.2 Å². The lowest BCUT2D eigenvalue weighted by Crippen LogP contribution is -2.33. The molecule has 6 heteroatoms. The smallest absolute Gasteiger partial charge is 0.269 e. The Balaban J connectivity index is 1.93. The van der Waals surface area contributed by atoms with Crippen LogP contribution >= 0.6 is 27.3 Å². The predicted octanol–water partition coefficient (Wildman–Crippen LogP) is 3.30. The van der Waals surface area contributed by atoms with Gasteiger partial charge in [0.25, 0.3) is 5.91 Å². The normalized spacial score (nSPS) is 14.4. The Kier molecular flexibility index (Phi) is 3.28. The van der Waals surface area contributed by atoms with Crippen molar-refractivity contribution in [2.24, 2.45) is 0 Å². The number of rotatable bonds is 3. The molecule has 2 aromatic rings. The molecule has 2 aromatic heterocycles. The molecule has 2 N–H and O–H groups in total. The molecule has 0 spiro atoms.